The number of hydrogen-bond donors (Lipinski definition) is 1. The van der Waals surface area contributed by atoms with Crippen LogP contribution in [0.4, 0.5) is 0 Å². The number of aromatic nitrogens is 1. The Labute approximate surface area is 104 Å². The summed E-state index contributed by atoms with van der Waals surface area (Å²) in [6.45, 7) is 2.23. The zero-order valence-corrected chi connectivity index (χ0v) is 10.8. The number of nitrogens with one attached hydrogen (secondary N) is 1. The van der Waals surface area contributed by atoms with Gasteiger partial charge in [0.05, 0.1) is 0 Å². The molecule has 4 heteroatoms. The maximum absolute atomic E-state index is 11.9. The molecule has 0 aliphatic heterocycles. The fraction of sp³-hybridized carbons (Fsp3) is 0.500. The Kier molecular flexibility index (Phi) is 3.59. The number of rotatable bonds is 2. The third-order valence-corrected chi connectivity index (χ3v) is 3.64. The number of pyridine rings is 1. The van der Waals surface area contributed by atoms with E-state index in [0.717, 1.165) is 23.2 Å². The Morgan fingerprint density at radius 2 is 2.38 bits per heavy atom. The number of amides is 1. The van der Waals surface area contributed by atoms with Gasteiger partial charge in [-0.05, 0) is 53.2 Å². The van der Waals surface area contributed by atoms with Crippen LogP contribution in [-0.2, 0) is 0 Å². The van der Waals surface area contributed by atoms with Gasteiger partial charge in [0.25, 0.3) is 5.91 Å². The molecule has 16 heavy (non-hydrogen) atoms. The first-order valence-electron chi connectivity index (χ1n) is 5.58. The molecule has 1 saturated carbocycles. The van der Waals surface area contributed by atoms with Gasteiger partial charge in [-0.3, -0.25) is 4.79 Å². The van der Waals surface area contributed by atoms with E-state index in [2.05, 4.69) is 33.2 Å². The van der Waals surface area contributed by atoms with Crippen LogP contribution in [0.1, 0.15) is 36.7 Å². The third-order valence-electron chi connectivity index (χ3n) is 3.00. The molecule has 3 nitrogen and oxygen atoms in total. The molecular formula is C12H15BrN2O. The lowest BCUT2D eigenvalue weighted by Gasteiger charge is -2.12. The largest absolute Gasteiger partial charge is 0.348 e. The Bertz CT molecular complexity index is 394. The van der Waals surface area contributed by atoms with E-state index in [-0.39, 0.29) is 5.91 Å². The lowest BCUT2D eigenvalue weighted by molar-refractivity contribution is 0.0931. The van der Waals surface area contributed by atoms with Crippen molar-refractivity contribution >= 4 is 21.8 Å². The number of nitrogens with zero attached hydrogens (tertiary/aromatic N) is 1. The zero-order valence-electron chi connectivity index (χ0n) is 9.24. The van der Waals surface area contributed by atoms with E-state index >= 15 is 0 Å². The topological polar surface area (TPSA) is 42.0 Å². The predicted octanol–water partition coefficient (Wildman–Crippen LogP) is 2.76. The summed E-state index contributed by atoms with van der Waals surface area (Å²) >= 11 is 3.33. The summed E-state index contributed by atoms with van der Waals surface area (Å²) in [7, 11) is 0. The number of carbonyl (C=O) groups is 1. The Balaban J connectivity index is 2.01. The molecule has 0 radical (unpaired) electrons. The molecule has 0 aromatic carbocycles. The Hall–Kier alpha value is -0.900. The fourth-order valence-electron chi connectivity index (χ4n) is 2.14. The van der Waals surface area contributed by atoms with E-state index in [0.29, 0.717) is 11.7 Å². The molecule has 86 valence electrons. The van der Waals surface area contributed by atoms with Gasteiger partial charge in [-0.15, -0.1) is 0 Å². The molecule has 2 rings (SSSR count). The lowest BCUT2D eigenvalue weighted by Crippen LogP contribution is -2.33. The van der Waals surface area contributed by atoms with Crippen LogP contribution in [0, 0.1) is 5.92 Å². The highest BCUT2D eigenvalue weighted by Gasteiger charge is 2.24. The van der Waals surface area contributed by atoms with Crippen LogP contribution in [-0.4, -0.2) is 16.9 Å². The van der Waals surface area contributed by atoms with Crippen LogP contribution >= 0.6 is 15.9 Å². The molecule has 2 atom stereocenters. The molecule has 1 N–H and O–H groups in total. The highest BCUT2D eigenvalue weighted by atomic mass is 79.9. The first kappa shape index (κ1) is 11.6. The van der Waals surface area contributed by atoms with Gasteiger partial charge in [0.1, 0.15) is 5.69 Å². The van der Waals surface area contributed by atoms with Gasteiger partial charge in [-0.2, -0.15) is 0 Å². The lowest BCUT2D eigenvalue weighted by atomic mass is 10.1. The van der Waals surface area contributed by atoms with Crippen molar-refractivity contribution in [2.24, 2.45) is 5.92 Å². The van der Waals surface area contributed by atoms with Crippen molar-refractivity contribution in [3.8, 4) is 0 Å². The molecule has 1 aliphatic carbocycles. The summed E-state index contributed by atoms with van der Waals surface area (Å²) in [6.07, 6.45) is 5.00. The van der Waals surface area contributed by atoms with Gasteiger partial charge < -0.3 is 5.32 Å². The Morgan fingerprint density at radius 1 is 1.56 bits per heavy atom. The van der Waals surface area contributed by atoms with Crippen molar-refractivity contribution in [1.29, 1.82) is 0 Å². The summed E-state index contributed by atoms with van der Waals surface area (Å²) in [5.74, 6) is 0.643. The van der Waals surface area contributed by atoms with E-state index in [9.17, 15) is 4.79 Å². The van der Waals surface area contributed by atoms with E-state index in [4.69, 9.17) is 0 Å². The van der Waals surface area contributed by atoms with Crippen LogP contribution in [0.5, 0.6) is 0 Å². The highest BCUT2D eigenvalue weighted by molar-refractivity contribution is 9.10. The minimum absolute atomic E-state index is 0.0772. The number of hydrogen-bond acceptors (Lipinski definition) is 2. The SMILES string of the molecule is CC1CCC(NC(=O)c2ncccc2Br)C1. The predicted molar refractivity (Wildman–Crippen MR) is 66.2 cm³/mol. The molecular weight excluding hydrogens is 268 g/mol. The van der Waals surface area contributed by atoms with E-state index in [1.54, 1.807) is 12.3 Å². The fourth-order valence-corrected chi connectivity index (χ4v) is 2.58. The summed E-state index contributed by atoms with van der Waals surface area (Å²) in [4.78, 5) is 16.0. The average Bonchev–Trinajstić information content (AvgIpc) is 2.64. The molecule has 0 saturated heterocycles. The molecule has 0 bridgehead atoms. The van der Waals surface area contributed by atoms with Crippen molar-refractivity contribution in [1.82, 2.24) is 10.3 Å². The first-order chi connectivity index (χ1) is 7.66. The monoisotopic (exact) mass is 282 g/mol. The number of carbonyl (C=O) groups excluding carboxylic acids is 1. The highest BCUT2D eigenvalue weighted by Crippen LogP contribution is 2.25. The zero-order chi connectivity index (χ0) is 11.5. The van der Waals surface area contributed by atoms with E-state index in [1.165, 1.54) is 6.42 Å². The van der Waals surface area contributed by atoms with Crippen molar-refractivity contribution in [2.75, 3.05) is 0 Å². The van der Waals surface area contributed by atoms with Crippen LogP contribution in [0.2, 0.25) is 0 Å². The van der Waals surface area contributed by atoms with Gasteiger partial charge >= 0.3 is 0 Å². The normalized spacial score (nSPS) is 24.4. The summed E-state index contributed by atoms with van der Waals surface area (Å²) in [6, 6.07) is 3.95. The van der Waals surface area contributed by atoms with Crippen molar-refractivity contribution in [2.45, 2.75) is 32.2 Å². The summed E-state index contributed by atoms with van der Waals surface area (Å²) < 4.78 is 0.749. The van der Waals surface area contributed by atoms with Crippen molar-refractivity contribution in [3.05, 3.63) is 28.5 Å². The first-order valence-corrected chi connectivity index (χ1v) is 6.37. The van der Waals surface area contributed by atoms with Gasteiger partial charge in [0, 0.05) is 16.7 Å². The standard InChI is InChI=1S/C12H15BrN2O/c1-8-4-5-9(7-8)15-12(16)11-10(13)3-2-6-14-11/h2-3,6,8-9H,4-5,7H2,1H3,(H,15,16). The minimum Gasteiger partial charge on any atom is -0.348 e. The van der Waals surface area contributed by atoms with Gasteiger partial charge in [0.15, 0.2) is 0 Å². The third kappa shape index (κ3) is 2.61. The van der Waals surface area contributed by atoms with Crippen LogP contribution in [0.15, 0.2) is 22.8 Å². The summed E-state index contributed by atoms with van der Waals surface area (Å²) in [5.41, 5.74) is 0.474. The molecule has 1 aliphatic rings. The van der Waals surface area contributed by atoms with Crippen molar-refractivity contribution in [3.63, 3.8) is 0 Å². The van der Waals surface area contributed by atoms with E-state index < -0.39 is 0 Å². The maximum atomic E-state index is 11.9. The molecule has 1 aromatic rings. The summed E-state index contributed by atoms with van der Waals surface area (Å²) in [5, 5.41) is 3.03. The van der Waals surface area contributed by atoms with E-state index in [1.807, 2.05) is 6.07 Å². The van der Waals surface area contributed by atoms with Crippen LogP contribution < -0.4 is 5.32 Å². The molecule has 1 aromatic heterocycles. The molecule has 2 unspecified atom stereocenters. The van der Waals surface area contributed by atoms with Gasteiger partial charge in [0.2, 0.25) is 0 Å². The van der Waals surface area contributed by atoms with Crippen molar-refractivity contribution < 1.29 is 4.79 Å². The van der Waals surface area contributed by atoms with Crippen LogP contribution in [0.3, 0.4) is 0 Å². The number of halogens is 1. The second-order valence-electron chi connectivity index (χ2n) is 4.42. The molecule has 1 fully saturated rings. The maximum Gasteiger partial charge on any atom is 0.271 e. The second kappa shape index (κ2) is 4.95. The molecule has 1 amide bonds. The smallest absolute Gasteiger partial charge is 0.271 e. The van der Waals surface area contributed by atoms with Gasteiger partial charge in [-0.25, -0.2) is 4.98 Å². The van der Waals surface area contributed by atoms with Gasteiger partial charge in [-0.1, -0.05) is 6.92 Å². The average molecular weight is 283 g/mol. The molecule has 1 heterocycles. The molecule has 0 spiro atoms. The Morgan fingerprint density at radius 3 is 3.00 bits per heavy atom. The second-order valence-corrected chi connectivity index (χ2v) is 5.28. The van der Waals surface area contributed by atoms with Crippen LogP contribution in [0.25, 0.3) is 0 Å². The quantitative estimate of drug-likeness (QED) is 0.906. The minimum atomic E-state index is -0.0772.